The van der Waals surface area contributed by atoms with Gasteiger partial charge in [-0.05, 0) is 24.0 Å². The maximum Gasteiger partial charge on any atom is 0.188 e. The number of aliphatic imine (C=N–C) groups is 1. The molecule has 17 heavy (non-hydrogen) atoms. The summed E-state index contributed by atoms with van der Waals surface area (Å²) in [6, 6.07) is 8.37. The molecule has 0 radical (unpaired) electrons. The third-order valence-electron chi connectivity index (χ3n) is 2.76. The van der Waals surface area contributed by atoms with Gasteiger partial charge in [0.1, 0.15) is 0 Å². The van der Waals surface area contributed by atoms with E-state index in [1.54, 1.807) is 0 Å². The molecule has 0 aliphatic heterocycles. The zero-order chi connectivity index (χ0) is 12.5. The molecule has 0 aromatic heterocycles. The lowest BCUT2D eigenvalue weighted by Crippen LogP contribution is -2.32. The van der Waals surface area contributed by atoms with Gasteiger partial charge in [0, 0.05) is 6.54 Å². The first kappa shape index (κ1) is 13.6. The first-order valence-corrected chi connectivity index (χ1v) is 6.38. The predicted octanol–water partition coefficient (Wildman–Crippen LogP) is 2.45. The van der Waals surface area contributed by atoms with E-state index >= 15 is 0 Å². The number of guanidine groups is 1. The molecule has 0 saturated heterocycles. The number of hydrogen-bond donors (Lipinski definition) is 2. The number of hydrogen-bond acceptors (Lipinski definition) is 1. The number of unbranched alkanes of at least 4 members (excludes halogenated alkanes) is 1. The van der Waals surface area contributed by atoms with Crippen molar-refractivity contribution < 1.29 is 0 Å². The van der Waals surface area contributed by atoms with Crippen LogP contribution in [-0.4, -0.2) is 12.5 Å². The van der Waals surface area contributed by atoms with Crippen molar-refractivity contribution in [1.82, 2.24) is 5.32 Å². The minimum absolute atomic E-state index is 0.546. The zero-order valence-electron chi connectivity index (χ0n) is 10.9. The molecule has 1 rings (SSSR count). The fourth-order valence-corrected chi connectivity index (χ4v) is 1.68. The standard InChI is InChI=1S/C14H23N3/c1-3-5-10-16-14(15)17-11-13-9-7-6-8-12(13)4-2/h6-9H,3-5,10-11H2,1-2H3,(H3,15,16,17). The molecule has 0 unspecified atom stereocenters. The van der Waals surface area contributed by atoms with Crippen molar-refractivity contribution in [3.63, 3.8) is 0 Å². The van der Waals surface area contributed by atoms with Crippen LogP contribution in [0, 0.1) is 0 Å². The Kier molecular flexibility index (Phi) is 6.15. The Morgan fingerprint density at radius 3 is 2.59 bits per heavy atom. The van der Waals surface area contributed by atoms with Crippen LogP contribution >= 0.6 is 0 Å². The number of nitrogens with zero attached hydrogens (tertiary/aromatic N) is 1. The van der Waals surface area contributed by atoms with Crippen LogP contribution in [0.2, 0.25) is 0 Å². The van der Waals surface area contributed by atoms with Crippen LogP contribution in [0.5, 0.6) is 0 Å². The van der Waals surface area contributed by atoms with Gasteiger partial charge >= 0.3 is 0 Å². The number of nitrogens with one attached hydrogen (secondary N) is 1. The molecule has 94 valence electrons. The molecule has 1 aromatic rings. The highest BCUT2D eigenvalue weighted by molar-refractivity contribution is 5.77. The van der Waals surface area contributed by atoms with Gasteiger partial charge in [-0.3, -0.25) is 0 Å². The smallest absolute Gasteiger partial charge is 0.188 e. The average molecular weight is 233 g/mol. The topological polar surface area (TPSA) is 50.4 Å². The summed E-state index contributed by atoms with van der Waals surface area (Å²) in [4.78, 5) is 4.36. The molecule has 0 fully saturated rings. The Bertz CT molecular complexity index is 358. The van der Waals surface area contributed by atoms with E-state index in [0.717, 1.165) is 19.4 Å². The second-order valence-electron chi connectivity index (χ2n) is 4.10. The summed E-state index contributed by atoms with van der Waals surface area (Å²) < 4.78 is 0. The molecule has 3 heteroatoms. The Hall–Kier alpha value is -1.51. The highest BCUT2D eigenvalue weighted by Crippen LogP contribution is 2.10. The van der Waals surface area contributed by atoms with E-state index in [1.165, 1.54) is 17.5 Å². The molecule has 0 heterocycles. The van der Waals surface area contributed by atoms with Gasteiger partial charge in [-0.25, -0.2) is 4.99 Å². The normalized spacial score (nSPS) is 11.5. The second-order valence-corrected chi connectivity index (χ2v) is 4.10. The highest BCUT2D eigenvalue weighted by Gasteiger charge is 1.98. The summed E-state index contributed by atoms with van der Waals surface area (Å²) >= 11 is 0. The van der Waals surface area contributed by atoms with Gasteiger partial charge in [0.2, 0.25) is 0 Å². The third kappa shape index (κ3) is 4.89. The van der Waals surface area contributed by atoms with E-state index in [9.17, 15) is 0 Å². The van der Waals surface area contributed by atoms with Crippen LogP contribution in [-0.2, 0) is 13.0 Å². The van der Waals surface area contributed by atoms with Gasteiger partial charge in [0.25, 0.3) is 0 Å². The summed E-state index contributed by atoms with van der Waals surface area (Å²) in [5.74, 6) is 0.546. The first-order valence-electron chi connectivity index (χ1n) is 6.38. The van der Waals surface area contributed by atoms with Crippen LogP contribution in [0.1, 0.15) is 37.8 Å². The molecule has 0 atom stereocenters. The van der Waals surface area contributed by atoms with Crippen molar-refractivity contribution >= 4 is 5.96 Å². The number of rotatable bonds is 6. The molecule has 0 amide bonds. The summed E-state index contributed by atoms with van der Waals surface area (Å²) in [6.07, 6.45) is 3.33. The van der Waals surface area contributed by atoms with E-state index in [0.29, 0.717) is 12.5 Å². The number of nitrogens with two attached hydrogens (primary N) is 1. The molecule has 0 bridgehead atoms. The van der Waals surface area contributed by atoms with Gasteiger partial charge < -0.3 is 11.1 Å². The quantitative estimate of drug-likeness (QED) is 0.450. The minimum atomic E-state index is 0.546. The van der Waals surface area contributed by atoms with E-state index in [2.05, 4.69) is 42.4 Å². The van der Waals surface area contributed by atoms with E-state index in [-0.39, 0.29) is 0 Å². The molecule has 3 N–H and O–H groups in total. The lowest BCUT2D eigenvalue weighted by molar-refractivity contribution is 0.748. The predicted molar refractivity (Wildman–Crippen MR) is 74.1 cm³/mol. The third-order valence-corrected chi connectivity index (χ3v) is 2.76. The fourth-order valence-electron chi connectivity index (χ4n) is 1.68. The fraction of sp³-hybridized carbons (Fsp3) is 0.500. The molecule has 0 aliphatic rings. The van der Waals surface area contributed by atoms with Crippen molar-refractivity contribution in [2.75, 3.05) is 6.54 Å². The van der Waals surface area contributed by atoms with Crippen LogP contribution in [0.15, 0.2) is 29.3 Å². The lowest BCUT2D eigenvalue weighted by Gasteiger charge is -2.07. The van der Waals surface area contributed by atoms with E-state index in [4.69, 9.17) is 5.73 Å². The summed E-state index contributed by atoms with van der Waals surface area (Å²) in [7, 11) is 0. The maximum absolute atomic E-state index is 5.79. The first-order chi connectivity index (χ1) is 8.27. The average Bonchev–Trinajstić information content (AvgIpc) is 2.37. The number of aryl methyl sites for hydroxylation is 1. The maximum atomic E-state index is 5.79. The van der Waals surface area contributed by atoms with Crippen LogP contribution in [0.4, 0.5) is 0 Å². The summed E-state index contributed by atoms with van der Waals surface area (Å²) in [5.41, 5.74) is 8.40. The van der Waals surface area contributed by atoms with Crippen molar-refractivity contribution in [3.8, 4) is 0 Å². The number of benzene rings is 1. The summed E-state index contributed by atoms with van der Waals surface area (Å²) in [5, 5.41) is 3.12. The van der Waals surface area contributed by atoms with Gasteiger partial charge in [-0.15, -0.1) is 0 Å². The molecular weight excluding hydrogens is 210 g/mol. The van der Waals surface area contributed by atoms with E-state index in [1.807, 2.05) is 6.07 Å². The van der Waals surface area contributed by atoms with Crippen molar-refractivity contribution in [1.29, 1.82) is 0 Å². The Morgan fingerprint density at radius 2 is 1.94 bits per heavy atom. The molecule has 1 aromatic carbocycles. The second kappa shape index (κ2) is 7.71. The summed E-state index contributed by atoms with van der Waals surface area (Å²) in [6.45, 7) is 5.88. The van der Waals surface area contributed by atoms with Gasteiger partial charge in [-0.2, -0.15) is 0 Å². The van der Waals surface area contributed by atoms with Crippen molar-refractivity contribution in [2.45, 2.75) is 39.7 Å². The zero-order valence-corrected chi connectivity index (χ0v) is 10.9. The Morgan fingerprint density at radius 1 is 1.24 bits per heavy atom. The minimum Gasteiger partial charge on any atom is -0.370 e. The largest absolute Gasteiger partial charge is 0.370 e. The Balaban J connectivity index is 2.50. The molecule has 0 saturated carbocycles. The van der Waals surface area contributed by atoms with Gasteiger partial charge in [-0.1, -0.05) is 44.5 Å². The van der Waals surface area contributed by atoms with Crippen molar-refractivity contribution in [3.05, 3.63) is 35.4 Å². The van der Waals surface area contributed by atoms with Crippen LogP contribution in [0.3, 0.4) is 0 Å². The SMILES string of the molecule is CCCCNC(N)=NCc1ccccc1CC. The van der Waals surface area contributed by atoms with Crippen LogP contribution in [0.25, 0.3) is 0 Å². The highest BCUT2D eigenvalue weighted by atomic mass is 15.1. The van der Waals surface area contributed by atoms with Crippen LogP contribution < -0.4 is 11.1 Å². The van der Waals surface area contributed by atoms with Gasteiger partial charge in [0.15, 0.2) is 5.96 Å². The Labute approximate surface area is 104 Å². The van der Waals surface area contributed by atoms with Gasteiger partial charge in [0.05, 0.1) is 6.54 Å². The van der Waals surface area contributed by atoms with E-state index < -0.39 is 0 Å². The molecular formula is C14H23N3. The lowest BCUT2D eigenvalue weighted by atomic mass is 10.1. The molecule has 3 nitrogen and oxygen atoms in total. The monoisotopic (exact) mass is 233 g/mol. The molecule has 0 aliphatic carbocycles. The van der Waals surface area contributed by atoms with Crippen molar-refractivity contribution in [2.24, 2.45) is 10.7 Å². The molecule has 0 spiro atoms.